The minimum atomic E-state index is -0.242. The summed E-state index contributed by atoms with van der Waals surface area (Å²) < 4.78 is 9.78. The number of carbonyl (C=O) groups is 1. The second kappa shape index (κ2) is 5.76. The summed E-state index contributed by atoms with van der Waals surface area (Å²) in [6.07, 6.45) is 0.316. The molecule has 0 saturated heterocycles. The molecule has 0 atom stereocenters. The van der Waals surface area contributed by atoms with Gasteiger partial charge in [0.2, 0.25) is 0 Å². The van der Waals surface area contributed by atoms with Gasteiger partial charge >= 0.3 is 5.69 Å². The van der Waals surface area contributed by atoms with Crippen LogP contribution in [0.5, 0.6) is 5.75 Å². The van der Waals surface area contributed by atoms with Crippen LogP contribution in [0.15, 0.2) is 34.0 Å². The molecule has 9 heteroatoms. The summed E-state index contributed by atoms with van der Waals surface area (Å²) in [7, 11) is 0. The molecule has 0 aliphatic carbocycles. The molecular formula is C14H11N5O4. The Morgan fingerprint density at radius 2 is 2.22 bits per heavy atom. The Kier molecular flexibility index (Phi) is 3.64. The van der Waals surface area contributed by atoms with Crippen molar-refractivity contribution in [3.63, 3.8) is 0 Å². The number of rotatable bonds is 4. The number of amides is 1. The molecule has 9 nitrogen and oxygen atoms in total. The van der Waals surface area contributed by atoms with E-state index in [0.29, 0.717) is 17.9 Å². The molecule has 1 aliphatic rings. The Labute approximate surface area is 130 Å². The molecule has 1 aliphatic heterocycles. The lowest BCUT2D eigenvalue weighted by molar-refractivity contribution is -0.804. The van der Waals surface area contributed by atoms with E-state index in [1.165, 1.54) is 5.01 Å². The van der Waals surface area contributed by atoms with E-state index in [0.717, 1.165) is 5.71 Å². The minimum absolute atomic E-state index is 0.0289. The van der Waals surface area contributed by atoms with Crippen molar-refractivity contribution in [2.45, 2.75) is 20.0 Å². The minimum Gasteiger partial charge on any atom is -0.485 e. The molecule has 0 N–H and O–H groups in total. The van der Waals surface area contributed by atoms with Gasteiger partial charge in [0.15, 0.2) is 12.7 Å². The third-order valence-corrected chi connectivity index (χ3v) is 3.16. The predicted octanol–water partition coefficient (Wildman–Crippen LogP) is 0.871. The Hall–Kier alpha value is -3.41. The van der Waals surface area contributed by atoms with Gasteiger partial charge in [-0.2, -0.15) is 10.4 Å². The van der Waals surface area contributed by atoms with E-state index in [1.54, 1.807) is 37.3 Å². The van der Waals surface area contributed by atoms with E-state index in [2.05, 4.69) is 14.9 Å². The van der Waals surface area contributed by atoms with Crippen molar-refractivity contribution in [1.29, 1.82) is 5.26 Å². The summed E-state index contributed by atoms with van der Waals surface area (Å²) in [5, 5.41) is 28.9. The number of anilines is 1. The van der Waals surface area contributed by atoms with E-state index in [4.69, 9.17) is 10.00 Å². The molecule has 1 aromatic carbocycles. The van der Waals surface area contributed by atoms with Gasteiger partial charge in [-0.15, -0.1) is 0 Å². The molecule has 1 aromatic heterocycles. The van der Waals surface area contributed by atoms with E-state index in [1.807, 2.05) is 0 Å². The molecule has 0 radical (unpaired) electrons. The molecule has 0 spiro atoms. The van der Waals surface area contributed by atoms with Crippen LogP contribution in [0.25, 0.3) is 0 Å². The van der Waals surface area contributed by atoms with Crippen LogP contribution in [0.3, 0.4) is 0 Å². The van der Waals surface area contributed by atoms with Crippen molar-refractivity contribution in [2.75, 3.05) is 5.01 Å². The number of hydrogen-bond donors (Lipinski definition) is 0. The van der Waals surface area contributed by atoms with Crippen LogP contribution >= 0.6 is 0 Å². The maximum atomic E-state index is 11.8. The smallest absolute Gasteiger partial charge is 0.301 e. The lowest BCUT2D eigenvalue weighted by Gasteiger charge is -2.12. The number of carbonyl (C=O) groups excluding carboxylic acids is 1. The van der Waals surface area contributed by atoms with Crippen LogP contribution in [-0.2, 0) is 11.4 Å². The van der Waals surface area contributed by atoms with Crippen molar-refractivity contribution in [1.82, 2.24) is 5.16 Å². The summed E-state index contributed by atoms with van der Waals surface area (Å²) >= 11 is 0. The van der Waals surface area contributed by atoms with Crippen LogP contribution in [-0.4, -0.2) is 16.8 Å². The molecule has 2 heterocycles. The summed E-state index contributed by atoms with van der Waals surface area (Å²) in [6.45, 7) is 1.71. The molecule has 0 bridgehead atoms. The van der Waals surface area contributed by atoms with Gasteiger partial charge < -0.3 is 9.94 Å². The van der Waals surface area contributed by atoms with Crippen molar-refractivity contribution < 1.29 is 19.1 Å². The number of hydrazone groups is 1. The molecule has 0 unspecified atom stereocenters. The largest absolute Gasteiger partial charge is 0.485 e. The van der Waals surface area contributed by atoms with Gasteiger partial charge in [-0.05, 0) is 36.1 Å². The number of nitrogens with zero attached hydrogens (tertiary/aromatic N) is 5. The maximum absolute atomic E-state index is 11.8. The van der Waals surface area contributed by atoms with Crippen molar-refractivity contribution in [3.05, 3.63) is 40.9 Å². The van der Waals surface area contributed by atoms with Gasteiger partial charge in [-0.1, -0.05) is 0 Å². The highest BCUT2D eigenvalue weighted by Gasteiger charge is 2.23. The Morgan fingerprint density at radius 3 is 2.83 bits per heavy atom. The number of hydrogen-bond acceptors (Lipinski definition) is 7. The highest BCUT2D eigenvalue weighted by atomic mass is 16.8. The standard InChI is InChI=1S/C14H11N5O4/c1-9-6-14(20)18(16-9)10-2-4-11(5-3-10)22-8-12-13(7-15)19(21)23-17-12/h2-5H,6,8H2,1H3. The van der Waals surface area contributed by atoms with Crippen molar-refractivity contribution in [3.8, 4) is 11.8 Å². The van der Waals surface area contributed by atoms with Gasteiger partial charge in [-0.3, -0.25) is 9.42 Å². The Bertz CT molecular complexity index is 819. The molecule has 3 rings (SSSR count). The molecule has 2 aromatic rings. The lowest BCUT2D eigenvalue weighted by Crippen LogP contribution is -2.26. The summed E-state index contributed by atoms with van der Waals surface area (Å²) in [5.41, 5.74) is 1.27. The third-order valence-electron chi connectivity index (χ3n) is 3.16. The lowest BCUT2D eigenvalue weighted by atomic mass is 10.2. The average Bonchev–Trinajstić information content (AvgIpc) is 3.07. The average molecular weight is 313 g/mol. The first-order valence-electron chi connectivity index (χ1n) is 6.67. The second-order valence-electron chi connectivity index (χ2n) is 4.84. The van der Waals surface area contributed by atoms with Crippen LogP contribution in [0.2, 0.25) is 0 Å². The fourth-order valence-electron chi connectivity index (χ4n) is 2.07. The number of aromatic nitrogens is 2. The fourth-order valence-corrected chi connectivity index (χ4v) is 2.07. The number of ether oxygens (including phenoxy) is 1. The molecule has 0 fully saturated rings. The second-order valence-corrected chi connectivity index (χ2v) is 4.84. The zero-order valence-corrected chi connectivity index (χ0v) is 12.1. The molecule has 0 saturated carbocycles. The maximum Gasteiger partial charge on any atom is 0.301 e. The van der Waals surface area contributed by atoms with Crippen LogP contribution < -0.4 is 14.6 Å². The Balaban J connectivity index is 1.69. The first-order valence-corrected chi connectivity index (χ1v) is 6.67. The summed E-state index contributed by atoms with van der Waals surface area (Å²) in [5.74, 6) is 0.405. The first kappa shape index (κ1) is 14.5. The van der Waals surface area contributed by atoms with Crippen LogP contribution in [0, 0.1) is 16.5 Å². The zero-order chi connectivity index (χ0) is 16.4. The first-order chi connectivity index (χ1) is 11.1. The topological polar surface area (TPSA) is 119 Å². The van der Waals surface area contributed by atoms with Crippen molar-refractivity contribution in [2.24, 2.45) is 5.10 Å². The quantitative estimate of drug-likeness (QED) is 0.773. The van der Waals surface area contributed by atoms with E-state index < -0.39 is 0 Å². The fraction of sp³-hybridized carbons (Fsp3) is 0.214. The Morgan fingerprint density at radius 1 is 1.48 bits per heavy atom. The van der Waals surface area contributed by atoms with Crippen LogP contribution in [0.1, 0.15) is 24.7 Å². The van der Waals surface area contributed by atoms with E-state index in [-0.39, 0.29) is 28.8 Å². The normalized spacial score (nSPS) is 13.8. The monoisotopic (exact) mass is 313 g/mol. The summed E-state index contributed by atoms with van der Waals surface area (Å²) in [4.78, 5) is 11.8. The number of nitriles is 1. The highest BCUT2D eigenvalue weighted by Crippen LogP contribution is 2.23. The predicted molar refractivity (Wildman–Crippen MR) is 76.2 cm³/mol. The van der Waals surface area contributed by atoms with Gasteiger partial charge in [0.05, 0.1) is 12.1 Å². The van der Waals surface area contributed by atoms with Gasteiger partial charge in [0.1, 0.15) is 5.75 Å². The van der Waals surface area contributed by atoms with Crippen LogP contribution in [0.4, 0.5) is 5.69 Å². The summed E-state index contributed by atoms with van der Waals surface area (Å²) in [6, 6.07) is 8.39. The molecule has 23 heavy (non-hydrogen) atoms. The zero-order valence-electron chi connectivity index (χ0n) is 12.1. The van der Waals surface area contributed by atoms with E-state index >= 15 is 0 Å². The van der Waals surface area contributed by atoms with E-state index in [9.17, 15) is 10.0 Å². The van der Waals surface area contributed by atoms with Gasteiger partial charge in [-0.25, -0.2) is 5.01 Å². The molecule has 116 valence electrons. The molecular weight excluding hydrogens is 302 g/mol. The SMILES string of the molecule is CC1=NN(c2ccc(OCc3no[n+]([O-])c3C#N)cc2)C(=O)C1. The van der Waals surface area contributed by atoms with Crippen molar-refractivity contribution >= 4 is 17.3 Å². The molecule has 1 amide bonds. The number of benzene rings is 1. The van der Waals surface area contributed by atoms with Gasteiger partial charge in [0, 0.05) is 10.9 Å². The van der Waals surface area contributed by atoms with Gasteiger partial charge in [0.25, 0.3) is 11.6 Å². The third kappa shape index (κ3) is 2.82. The highest BCUT2D eigenvalue weighted by molar-refractivity contribution is 6.12.